The molecule has 3 heteroatoms. The smallest absolute Gasteiger partial charge is 0.0466 e. The molecule has 3 nitrogen and oxygen atoms in total. The van der Waals surface area contributed by atoms with Crippen molar-refractivity contribution in [2.75, 3.05) is 54.5 Å². The molecule has 0 aromatic carbocycles. The lowest BCUT2D eigenvalue weighted by Crippen LogP contribution is -2.25. The SMILES string of the molecule is C1CCOC1.CN(C)CCN(C)C. The van der Waals surface area contributed by atoms with E-state index in [0.29, 0.717) is 0 Å². The van der Waals surface area contributed by atoms with Gasteiger partial charge in [-0.05, 0) is 41.0 Å². The molecule has 0 aromatic rings. The minimum atomic E-state index is 1.00. The Hall–Kier alpha value is -0.120. The van der Waals surface area contributed by atoms with Gasteiger partial charge in [-0.1, -0.05) is 0 Å². The summed E-state index contributed by atoms with van der Waals surface area (Å²) in [5.74, 6) is 0. The molecular formula is C10H24N2O. The van der Waals surface area contributed by atoms with E-state index in [1.54, 1.807) is 0 Å². The van der Waals surface area contributed by atoms with Crippen LogP contribution < -0.4 is 0 Å². The van der Waals surface area contributed by atoms with Crippen molar-refractivity contribution in [1.29, 1.82) is 0 Å². The van der Waals surface area contributed by atoms with Gasteiger partial charge in [-0.15, -0.1) is 0 Å². The summed E-state index contributed by atoms with van der Waals surface area (Å²) in [5.41, 5.74) is 0. The third-order valence-electron chi connectivity index (χ3n) is 1.82. The van der Waals surface area contributed by atoms with Gasteiger partial charge in [0.25, 0.3) is 0 Å². The molecule has 0 spiro atoms. The Labute approximate surface area is 82.7 Å². The molecule has 0 aliphatic carbocycles. The molecule has 0 amide bonds. The minimum absolute atomic E-state index is 1.00. The lowest BCUT2D eigenvalue weighted by Gasteiger charge is -2.13. The highest BCUT2D eigenvalue weighted by molar-refractivity contribution is 4.46. The highest BCUT2D eigenvalue weighted by Crippen LogP contribution is 1.98. The van der Waals surface area contributed by atoms with E-state index >= 15 is 0 Å². The summed E-state index contributed by atoms with van der Waals surface area (Å²) in [7, 11) is 8.35. The second-order valence-corrected chi connectivity index (χ2v) is 3.93. The number of hydrogen-bond acceptors (Lipinski definition) is 3. The van der Waals surface area contributed by atoms with Crippen molar-refractivity contribution in [3.63, 3.8) is 0 Å². The number of ether oxygens (including phenoxy) is 1. The summed E-state index contributed by atoms with van der Waals surface area (Å²) in [4.78, 5) is 4.36. The normalized spacial score (nSPS) is 16.2. The molecule has 0 aromatic heterocycles. The van der Waals surface area contributed by atoms with E-state index in [1.807, 2.05) is 0 Å². The summed E-state index contributed by atoms with van der Waals surface area (Å²) in [5, 5.41) is 0. The van der Waals surface area contributed by atoms with E-state index in [1.165, 1.54) is 12.8 Å². The summed E-state index contributed by atoms with van der Waals surface area (Å²) in [6, 6.07) is 0. The van der Waals surface area contributed by atoms with Crippen molar-refractivity contribution in [1.82, 2.24) is 9.80 Å². The van der Waals surface area contributed by atoms with Crippen molar-refractivity contribution in [3.05, 3.63) is 0 Å². The summed E-state index contributed by atoms with van der Waals surface area (Å²) in [6.45, 7) is 4.29. The Morgan fingerprint density at radius 3 is 1.38 bits per heavy atom. The average Bonchev–Trinajstić information content (AvgIpc) is 2.57. The molecule has 80 valence electrons. The molecule has 0 radical (unpaired) electrons. The first-order chi connectivity index (χ1) is 6.13. The second-order valence-electron chi connectivity index (χ2n) is 3.93. The predicted molar refractivity (Wildman–Crippen MR) is 57.2 cm³/mol. The Kier molecular flexibility index (Phi) is 8.40. The van der Waals surface area contributed by atoms with E-state index in [2.05, 4.69) is 38.0 Å². The molecule has 0 bridgehead atoms. The van der Waals surface area contributed by atoms with Crippen molar-refractivity contribution < 1.29 is 4.74 Å². The first kappa shape index (κ1) is 12.9. The first-order valence-corrected chi connectivity index (χ1v) is 5.00. The Balaban J connectivity index is 0.000000243. The summed E-state index contributed by atoms with van der Waals surface area (Å²) >= 11 is 0. The van der Waals surface area contributed by atoms with Gasteiger partial charge in [0.1, 0.15) is 0 Å². The maximum absolute atomic E-state index is 4.94. The lowest BCUT2D eigenvalue weighted by atomic mass is 10.4. The summed E-state index contributed by atoms with van der Waals surface area (Å²) < 4.78 is 4.94. The number of hydrogen-bond donors (Lipinski definition) is 0. The maximum atomic E-state index is 4.94. The summed E-state index contributed by atoms with van der Waals surface area (Å²) in [6.07, 6.45) is 2.56. The Bertz CT molecular complexity index is 85.5. The molecule has 1 heterocycles. The van der Waals surface area contributed by atoms with Crippen molar-refractivity contribution in [2.24, 2.45) is 0 Å². The van der Waals surface area contributed by atoms with E-state index in [4.69, 9.17) is 4.74 Å². The van der Waals surface area contributed by atoms with Gasteiger partial charge in [0.2, 0.25) is 0 Å². The van der Waals surface area contributed by atoms with Gasteiger partial charge < -0.3 is 14.5 Å². The van der Waals surface area contributed by atoms with E-state index in [9.17, 15) is 0 Å². The van der Waals surface area contributed by atoms with Gasteiger partial charge in [-0.3, -0.25) is 0 Å². The van der Waals surface area contributed by atoms with Gasteiger partial charge in [0.15, 0.2) is 0 Å². The van der Waals surface area contributed by atoms with E-state index < -0.39 is 0 Å². The van der Waals surface area contributed by atoms with Crippen LogP contribution in [-0.2, 0) is 4.74 Å². The van der Waals surface area contributed by atoms with Crippen LogP contribution >= 0.6 is 0 Å². The van der Waals surface area contributed by atoms with Crippen LogP contribution in [0.25, 0.3) is 0 Å². The van der Waals surface area contributed by atoms with Crippen LogP contribution in [0.3, 0.4) is 0 Å². The molecule has 1 aliphatic rings. The third kappa shape index (κ3) is 11.9. The van der Waals surface area contributed by atoms with Crippen LogP contribution in [-0.4, -0.2) is 64.3 Å². The fourth-order valence-electron chi connectivity index (χ4n) is 0.910. The van der Waals surface area contributed by atoms with Gasteiger partial charge in [0.05, 0.1) is 0 Å². The molecule has 0 unspecified atom stereocenters. The zero-order valence-electron chi connectivity index (χ0n) is 9.55. The molecule has 1 aliphatic heterocycles. The van der Waals surface area contributed by atoms with Crippen molar-refractivity contribution in [2.45, 2.75) is 12.8 Å². The third-order valence-corrected chi connectivity index (χ3v) is 1.82. The number of likely N-dealkylation sites (N-methyl/N-ethyl adjacent to an activating group) is 2. The van der Waals surface area contributed by atoms with Crippen LogP contribution in [0.5, 0.6) is 0 Å². The number of nitrogens with zero attached hydrogens (tertiary/aromatic N) is 2. The second kappa shape index (κ2) is 8.48. The fourth-order valence-corrected chi connectivity index (χ4v) is 0.910. The molecule has 0 N–H and O–H groups in total. The predicted octanol–water partition coefficient (Wildman–Crippen LogP) is 0.906. The highest BCUT2D eigenvalue weighted by atomic mass is 16.5. The standard InChI is InChI=1S/C6H16N2.C4H8O/c1-7(2)5-6-8(3)4;1-2-4-5-3-1/h5-6H2,1-4H3;1-4H2. The molecular weight excluding hydrogens is 164 g/mol. The van der Waals surface area contributed by atoms with Crippen molar-refractivity contribution in [3.8, 4) is 0 Å². The molecule has 0 saturated carbocycles. The zero-order valence-corrected chi connectivity index (χ0v) is 9.55. The lowest BCUT2D eigenvalue weighted by molar-refractivity contribution is 0.198. The Morgan fingerprint density at radius 2 is 1.23 bits per heavy atom. The molecule has 1 fully saturated rings. The zero-order chi connectivity index (χ0) is 10.1. The molecule has 0 atom stereocenters. The first-order valence-electron chi connectivity index (χ1n) is 5.00. The van der Waals surface area contributed by atoms with E-state index in [-0.39, 0.29) is 0 Å². The van der Waals surface area contributed by atoms with Crippen molar-refractivity contribution >= 4 is 0 Å². The quantitative estimate of drug-likeness (QED) is 0.654. The van der Waals surface area contributed by atoms with E-state index in [0.717, 1.165) is 26.3 Å². The van der Waals surface area contributed by atoms with Gasteiger partial charge >= 0.3 is 0 Å². The maximum Gasteiger partial charge on any atom is 0.0466 e. The Morgan fingerprint density at radius 1 is 0.846 bits per heavy atom. The molecule has 1 rings (SSSR count). The van der Waals surface area contributed by atoms with Crippen LogP contribution in [0, 0.1) is 0 Å². The minimum Gasteiger partial charge on any atom is -0.381 e. The monoisotopic (exact) mass is 188 g/mol. The number of rotatable bonds is 3. The fraction of sp³-hybridized carbons (Fsp3) is 1.00. The van der Waals surface area contributed by atoms with Gasteiger partial charge in [-0.25, -0.2) is 0 Å². The van der Waals surface area contributed by atoms with Crippen LogP contribution in [0.15, 0.2) is 0 Å². The largest absolute Gasteiger partial charge is 0.381 e. The van der Waals surface area contributed by atoms with Gasteiger partial charge in [-0.2, -0.15) is 0 Å². The molecule has 1 saturated heterocycles. The van der Waals surface area contributed by atoms with Crippen LogP contribution in [0.1, 0.15) is 12.8 Å². The molecule has 13 heavy (non-hydrogen) atoms. The topological polar surface area (TPSA) is 15.7 Å². The van der Waals surface area contributed by atoms with Crippen LogP contribution in [0.4, 0.5) is 0 Å². The van der Waals surface area contributed by atoms with Crippen LogP contribution in [0.2, 0.25) is 0 Å². The average molecular weight is 188 g/mol. The van der Waals surface area contributed by atoms with Gasteiger partial charge in [0, 0.05) is 26.3 Å². The highest BCUT2D eigenvalue weighted by Gasteiger charge is 1.94.